The maximum atomic E-state index is 7.25. The van der Waals surface area contributed by atoms with Crippen LogP contribution in [0.1, 0.15) is 11.3 Å². The second-order valence-corrected chi connectivity index (χ2v) is 4.72. The van der Waals surface area contributed by atoms with E-state index >= 15 is 0 Å². The number of aryl methyl sites for hydroxylation is 1. The van der Waals surface area contributed by atoms with E-state index in [4.69, 9.17) is 15.9 Å². The first-order valence-electron chi connectivity index (χ1n) is 5.31. The Labute approximate surface area is 113 Å². The fourth-order valence-electron chi connectivity index (χ4n) is 1.45. The highest BCUT2D eigenvalue weighted by Gasteiger charge is 2.03. The van der Waals surface area contributed by atoms with Gasteiger partial charge in [-0.2, -0.15) is 0 Å². The summed E-state index contributed by atoms with van der Waals surface area (Å²) in [6.45, 7) is 1.97. The van der Waals surface area contributed by atoms with E-state index in [9.17, 15) is 0 Å². The summed E-state index contributed by atoms with van der Waals surface area (Å²) < 4.78 is 6.72. The van der Waals surface area contributed by atoms with Crippen LogP contribution in [-0.2, 0) is 0 Å². The Morgan fingerprint density at radius 2 is 2.11 bits per heavy atom. The van der Waals surface area contributed by atoms with Crippen molar-refractivity contribution in [3.8, 4) is 11.5 Å². The number of hydrogen-bond donors (Lipinski definition) is 2. The Morgan fingerprint density at radius 1 is 1.33 bits per heavy atom. The highest BCUT2D eigenvalue weighted by atomic mass is 79.9. The smallest absolute Gasteiger partial charge is 0.145 e. The standard InChI is InChI=1S/C13H12BrN3O/c1-8-6-9(14)2-5-12(8)18-10-3-4-11(13(15)16)17-7-10/h2-7H,1H3,(H3,15,16). The minimum Gasteiger partial charge on any atom is -0.455 e. The van der Waals surface area contributed by atoms with Crippen molar-refractivity contribution in [3.63, 3.8) is 0 Å². The second-order valence-electron chi connectivity index (χ2n) is 3.80. The summed E-state index contributed by atoms with van der Waals surface area (Å²) in [5.41, 5.74) is 6.80. The van der Waals surface area contributed by atoms with Crippen LogP contribution in [-0.4, -0.2) is 10.8 Å². The Balaban J connectivity index is 2.21. The van der Waals surface area contributed by atoms with Gasteiger partial charge in [-0.15, -0.1) is 0 Å². The van der Waals surface area contributed by atoms with Gasteiger partial charge in [-0.1, -0.05) is 15.9 Å². The van der Waals surface area contributed by atoms with Crippen molar-refractivity contribution in [2.75, 3.05) is 0 Å². The molecule has 1 aromatic heterocycles. The molecular formula is C13H12BrN3O. The zero-order valence-electron chi connectivity index (χ0n) is 9.77. The van der Waals surface area contributed by atoms with E-state index in [-0.39, 0.29) is 5.84 Å². The van der Waals surface area contributed by atoms with Gasteiger partial charge in [0.25, 0.3) is 0 Å². The van der Waals surface area contributed by atoms with E-state index in [0.717, 1.165) is 15.8 Å². The van der Waals surface area contributed by atoms with Crippen molar-refractivity contribution in [2.24, 2.45) is 5.73 Å². The molecule has 4 nitrogen and oxygen atoms in total. The molecule has 0 aliphatic heterocycles. The number of benzene rings is 1. The molecule has 5 heteroatoms. The topological polar surface area (TPSA) is 72.0 Å². The van der Waals surface area contributed by atoms with Crippen molar-refractivity contribution >= 4 is 21.8 Å². The summed E-state index contributed by atoms with van der Waals surface area (Å²) in [6, 6.07) is 9.18. The number of aromatic nitrogens is 1. The van der Waals surface area contributed by atoms with Crippen LogP contribution in [0.25, 0.3) is 0 Å². The first-order chi connectivity index (χ1) is 8.56. The molecule has 0 radical (unpaired) electrons. The predicted molar refractivity (Wildman–Crippen MR) is 74.2 cm³/mol. The lowest BCUT2D eigenvalue weighted by molar-refractivity contribution is 0.476. The second kappa shape index (κ2) is 5.18. The van der Waals surface area contributed by atoms with Crippen molar-refractivity contribution in [1.82, 2.24) is 4.98 Å². The molecule has 0 spiro atoms. The number of nitrogens with one attached hydrogen (secondary N) is 1. The summed E-state index contributed by atoms with van der Waals surface area (Å²) >= 11 is 3.40. The van der Waals surface area contributed by atoms with Crippen LogP contribution in [0.5, 0.6) is 11.5 Å². The third kappa shape index (κ3) is 2.87. The van der Waals surface area contributed by atoms with Crippen LogP contribution >= 0.6 is 15.9 Å². The Hall–Kier alpha value is -1.88. The largest absolute Gasteiger partial charge is 0.455 e. The summed E-state index contributed by atoms with van der Waals surface area (Å²) in [7, 11) is 0. The molecule has 1 heterocycles. The Bertz CT molecular complexity index is 581. The molecule has 2 aromatic rings. The van der Waals surface area contributed by atoms with Gasteiger partial charge in [0.2, 0.25) is 0 Å². The minimum atomic E-state index is -0.0543. The third-order valence-electron chi connectivity index (χ3n) is 2.38. The maximum Gasteiger partial charge on any atom is 0.145 e. The molecule has 0 saturated carbocycles. The molecule has 18 heavy (non-hydrogen) atoms. The van der Waals surface area contributed by atoms with Gasteiger partial charge in [-0.25, -0.2) is 4.98 Å². The van der Waals surface area contributed by atoms with Crippen molar-refractivity contribution in [2.45, 2.75) is 6.92 Å². The quantitative estimate of drug-likeness (QED) is 0.675. The van der Waals surface area contributed by atoms with Crippen LogP contribution in [0.2, 0.25) is 0 Å². The normalized spacial score (nSPS) is 10.1. The Morgan fingerprint density at radius 3 is 2.67 bits per heavy atom. The van der Waals surface area contributed by atoms with E-state index in [1.165, 1.54) is 0 Å². The molecule has 0 atom stereocenters. The molecule has 0 aliphatic carbocycles. The summed E-state index contributed by atoms with van der Waals surface area (Å²) in [5.74, 6) is 1.34. The fourth-order valence-corrected chi connectivity index (χ4v) is 1.93. The lowest BCUT2D eigenvalue weighted by Gasteiger charge is -2.08. The van der Waals surface area contributed by atoms with Crippen molar-refractivity contribution < 1.29 is 4.74 Å². The van der Waals surface area contributed by atoms with Gasteiger partial charge < -0.3 is 10.5 Å². The molecule has 0 saturated heterocycles. The molecule has 0 amide bonds. The number of rotatable bonds is 3. The first kappa shape index (κ1) is 12.6. The lowest BCUT2D eigenvalue weighted by atomic mass is 10.2. The highest BCUT2D eigenvalue weighted by molar-refractivity contribution is 9.10. The lowest BCUT2D eigenvalue weighted by Crippen LogP contribution is -2.12. The number of hydrogen-bond acceptors (Lipinski definition) is 3. The SMILES string of the molecule is Cc1cc(Br)ccc1Oc1ccc(C(=N)N)nc1. The molecule has 92 valence electrons. The third-order valence-corrected chi connectivity index (χ3v) is 2.87. The number of amidine groups is 1. The molecule has 3 N–H and O–H groups in total. The molecule has 2 rings (SSSR count). The van der Waals surface area contributed by atoms with Gasteiger partial charge >= 0.3 is 0 Å². The van der Waals surface area contributed by atoms with Crippen molar-refractivity contribution in [1.29, 1.82) is 5.41 Å². The molecule has 0 unspecified atom stereocenters. The van der Waals surface area contributed by atoms with Crippen LogP contribution < -0.4 is 10.5 Å². The average Bonchev–Trinajstić information content (AvgIpc) is 2.33. The monoisotopic (exact) mass is 305 g/mol. The Kier molecular flexibility index (Phi) is 3.62. The van der Waals surface area contributed by atoms with Crippen LogP contribution in [0.4, 0.5) is 0 Å². The van der Waals surface area contributed by atoms with E-state index in [1.807, 2.05) is 25.1 Å². The van der Waals surface area contributed by atoms with Gasteiger partial charge in [-0.05, 0) is 42.8 Å². The van der Waals surface area contributed by atoms with E-state index in [1.54, 1.807) is 18.3 Å². The molecule has 0 fully saturated rings. The number of halogens is 1. The van der Waals surface area contributed by atoms with E-state index < -0.39 is 0 Å². The number of nitrogens with two attached hydrogens (primary N) is 1. The zero-order valence-corrected chi connectivity index (χ0v) is 11.4. The van der Waals surface area contributed by atoms with E-state index in [0.29, 0.717) is 11.4 Å². The molecular weight excluding hydrogens is 294 g/mol. The van der Waals surface area contributed by atoms with Crippen LogP contribution in [0, 0.1) is 12.3 Å². The van der Waals surface area contributed by atoms with Crippen LogP contribution in [0.3, 0.4) is 0 Å². The minimum absolute atomic E-state index is 0.0543. The van der Waals surface area contributed by atoms with E-state index in [2.05, 4.69) is 20.9 Å². The van der Waals surface area contributed by atoms with Gasteiger partial charge in [0, 0.05) is 4.47 Å². The van der Waals surface area contributed by atoms with Gasteiger partial charge in [0.05, 0.1) is 6.20 Å². The molecule has 0 bridgehead atoms. The fraction of sp³-hybridized carbons (Fsp3) is 0.0769. The van der Waals surface area contributed by atoms with Gasteiger partial charge in [-0.3, -0.25) is 5.41 Å². The number of nitrogens with zero attached hydrogens (tertiary/aromatic N) is 1. The van der Waals surface area contributed by atoms with Gasteiger partial charge in [0.1, 0.15) is 23.0 Å². The summed E-state index contributed by atoms with van der Waals surface area (Å²) in [4.78, 5) is 4.04. The maximum absolute atomic E-state index is 7.25. The van der Waals surface area contributed by atoms with Crippen LogP contribution in [0.15, 0.2) is 41.0 Å². The van der Waals surface area contributed by atoms with Crippen molar-refractivity contribution in [3.05, 3.63) is 52.3 Å². The summed E-state index contributed by atoms with van der Waals surface area (Å²) in [6.07, 6.45) is 1.55. The van der Waals surface area contributed by atoms with Gasteiger partial charge in [0.15, 0.2) is 0 Å². The number of pyridine rings is 1. The summed E-state index contributed by atoms with van der Waals surface area (Å²) in [5, 5.41) is 7.25. The predicted octanol–water partition coefficient (Wildman–Crippen LogP) is 3.23. The number of ether oxygens (including phenoxy) is 1. The molecule has 1 aromatic carbocycles. The average molecular weight is 306 g/mol. The zero-order chi connectivity index (χ0) is 13.1. The molecule has 0 aliphatic rings. The first-order valence-corrected chi connectivity index (χ1v) is 6.10. The number of nitrogen functional groups attached to an aromatic ring is 1. The highest BCUT2D eigenvalue weighted by Crippen LogP contribution is 2.26.